The Hall–Kier alpha value is -1.46. The molecule has 2 aromatic rings. The average Bonchev–Trinajstić information content (AvgIpc) is 3.22. The SMILES string of the molecule is CC(C)(CO[Si](c1ccccc1)(c1ccccc1)C(C)(C)C)[C@@H]1CCOC2(CCCC2)O1. The molecule has 1 atom stereocenters. The molecular weight excluding hydrogens is 412 g/mol. The Morgan fingerprint density at radius 1 is 0.875 bits per heavy atom. The van der Waals surface area contributed by atoms with Crippen LogP contribution in [0.2, 0.25) is 5.04 Å². The lowest BCUT2D eigenvalue weighted by molar-refractivity contribution is -0.308. The van der Waals surface area contributed by atoms with Crippen molar-refractivity contribution < 1.29 is 13.9 Å². The molecule has 1 saturated carbocycles. The highest BCUT2D eigenvalue weighted by atomic mass is 28.4. The van der Waals surface area contributed by atoms with Crippen LogP contribution in [-0.2, 0) is 13.9 Å². The van der Waals surface area contributed by atoms with E-state index in [9.17, 15) is 0 Å². The summed E-state index contributed by atoms with van der Waals surface area (Å²) >= 11 is 0. The molecule has 174 valence electrons. The fourth-order valence-corrected chi connectivity index (χ4v) is 10.3. The second kappa shape index (κ2) is 9.06. The highest BCUT2D eigenvalue weighted by Crippen LogP contribution is 2.44. The van der Waals surface area contributed by atoms with Gasteiger partial charge in [0.05, 0.1) is 12.7 Å². The molecule has 0 unspecified atom stereocenters. The predicted octanol–water partition coefficient (Wildman–Crippen LogP) is 5.67. The van der Waals surface area contributed by atoms with Gasteiger partial charge in [-0.15, -0.1) is 0 Å². The predicted molar refractivity (Wildman–Crippen MR) is 134 cm³/mol. The van der Waals surface area contributed by atoms with Gasteiger partial charge in [-0.3, -0.25) is 0 Å². The number of benzene rings is 2. The van der Waals surface area contributed by atoms with E-state index in [-0.39, 0.29) is 22.3 Å². The third kappa shape index (κ3) is 4.48. The van der Waals surface area contributed by atoms with Crippen LogP contribution >= 0.6 is 0 Å². The van der Waals surface area contributed by atoms with Crippen molar-refractivity contribution in [3.8, 4) is 0 Å². The van der Waals surface area contributed by atoms with Crippen LogP contribution in [0.4, 0.5) is 0 Å². The van der Waals surface area contributed by atoms with Crippen molar-refractivity contribution in [2.75, 3.05) is 13.2 Å². The molecule has 32 heavy (non-hydrogen) atoms. The molecule has 0 radical (unpaired) electrons. The second-order valence-corrected chi connectivity index (χ2v) is 15.6. The Balaban J connectivity index is 1.66. The molecule has 2 aliphatic rings. The van der Waals surface area contributed by atoms with Crippen LogP contribution in [0.15, 0.2) is 60.7 Å². The van der Waals surface area contributed by atoms with Crippen molar-refractivity contribution >= 4 is 18.7 Å². The molecule has 2 aromatic carbocycles. The molecule has 0 amide bonds. The van der Waals surface area contributed by atoms with Crippen LogP contribution in [0, 0.1) is 5.41 Å². The van der Waals surface area contributed by atoms with Crippen LogP contribution in [0.5, 0.6) is 0 Å². The summed E-state index contributed by atoms with van der Waals surface area (Å²) in [4.78, 5) is 0. The monoisotopic (exact) mass is 452 g/mol. The highest BCUT2D eigenvalue weighted by Gasteiger charge is 2.52. The summed E-state index contributed by atoms with van der Waals surface area (Å²) in [6.07, 6.45) is 5.52. The lowest BCUT2D eigenvalue weighted by Gasteiger charge is -2.48. The molecule has 0 N–H and O–H groups in total. The third-order valence-electron chi connectivity index (χ3n) is 7.42. The lowest BCUT2D eigenvalue weighted by Crippen LogP contribution is -2.67. The molecular formula is C28H40O3Si. The van der Waals surface area contributed by atoms with Crippen molar-refractivity contribution in [3.63, 3.8) is 0 Å². The third-order valence-corrected chi connectivity index (χ3v) is 12.4. The molecule has 4 heteroatoms. The molecule has 1 saturated heterocycles. The van der Waals surface area contributed by atoms with Gasteiger partial charge in [-0.05, 0) is 34.7 Å². The fourth-order valence-electron chi connectivity index (χ4n) is 5.58. The van der Waals surface area contributed by atoms with E-state index in [4.69, 9.17) is 13.9 Å². The highest BCUT2D eigenvalue weighted by molar-refractivity contribution is 6.99. The van der Waals surface area contributed by atoms with Crippen molar-refractivity contribution in [3.05, 3.63) is 60.7 Å². The zero-order chi connectivity index (χ0) is 22.9. The molecule has 0 aromatic heterocycles. The van der Waals surface area contributed by atoms with Crippen LogP contribution in [0.1, 0.15) is 66.7 Å². The first-order valence-electron chi connectivity index (χ1n) is 12.3. The van der Waals surface area contributed by atoms with E-state index in [1.165, 1.54) is 23.2 Å². The fraction of sp³-hybridized carbons (Fsp3) is 0.571. The minimum atomic E-state index is -2.55. The maximum atomic E-state index is 7.25. The summed E-state index contributed by atoms with van der Waals surface area (Å²) in [5, 5.41) is 2.64. The molecule has 3 nitrogen and oxygen atoms in total. The standard InChI is InChI=1S/C28H40O3Si/c1-26(2,3)32(23-14-8-6-9-15-23,24-16-10-7-11-17-24)30-22-27(4,5)25-18-21-29-28(31-25)19-12-13-20-28/h6-11,14-17,25H,12-13,18-22H2,1-5H3/t25-/m0/s1. The molecule has 1 spiro atoms. The summed E-state index contributed by atoms with van der Waals surface area (Å²) in [7, 11) is -2.55. The van der Waals surface area contributed by atoms with Gasteiger partial charge in [0.2, 0.25) is 0 Å². The van der Waals surface area contributed by atoms with Gasteiger partial charge >= 0.3 is 0 Å². The zero-order valence-electron chi connectivity index (χ0n) is 20.5. The van der Waals surface area contributed by atoms with Crippen LogP contribution < -0.4 is 10.4 Å². The van der Waals surface area contributed by atoms with Gasteiger partial charge in [0.15, 0.2) is 5.79 Å². The first-order valence-corrected chi connectivity index (χ1v) is 14.2. The topological polar surface area (TPSA) is 27.7 Å². The van der Waals surface area contributed by atoms with E-state index >= 15 is 0 Å². The number of ether oxygens (including phenoxy) is 2. The van der Waals surface area contributed by atoms with E-state index in [1.807, 2.05) is 0 Å². The Morgan fingerprint density at radius 3 is 1.91 bits per heavy atom. The lowest BCUT2D eigenvalue weighted by atomic mass is 9.85. The van der Waals surface area contributed by atoms with E-state index < -0.39 is 8.32 Å². The molecule has 2 fully saturated rings. The van der Waals surface area contributed by atoms with Gasteiger partial charge in [-0.2, -0.15) is 0 Å². The molecule has 1 aliphatic carbocycles. The summed E-state index contributed by atoms with van der Waals surface area (Å²) < 4.78 is 20.1. The van der Waals surface area contributed by atoms with Crippen LogP contribution in [0.3, 0.4) is 0 Å². The Bertz CT molecular complexity index is 827. The van der Waals surface area contributed by atoms with Crippen molar-refractivity contribution in [2.24, 2.45) is 5.41 Å². The quantitative estimate of drug-likeness (QED) is 0.529. The van der Waals surface area contributed by atoms with E-state index in [2.05, 4.69) is 95.3 Å². The van der Waals surface area contributed by atoms with E-state index in [1.54, 1.807) is 0 Å². The van der Waals surface area contributed by atoms with Crippen LogP contribution in [-0.4, -0.2) is 33.4 Å². The average molecular weight is 453 g/mol. The maximum Gasteiger partial charge on any atom is 0.261 e. The Labute approximate surface area is 195 Å². The number of hydrogen-bond donors (Lipinski definition) is 0. The van der Waals surface area contributed by atoms with Crippen LogP contribution in [0.25, 0.3) is 0 Å². The van der Waals surface area contributed by atoms with Crippen molar-refractivity contribution in [1.29, 1.82) is 0 Å². The zero-order valence-corrected chi connectivity index (χ0v) is 21.5. The molecule has 1 heterocycles. The first-order chi connectivity index (χ1) is 15.2. The normalized spacial score (nSPS) is 21.7. The summed E-state index contributed by atoms with van der Waals surface area (Å²) in [5.74, 6) is -0.350. The summed E-state index contributed by atoms with van der Waals surface area (Å²) in [5.41, 5.74) is -0.105. The molecule has 4 rings (SSSR count). The van der Waals surface area contributed by atoms with E-state index in [0.717, 1.165) is 25.9 Å². The van der Waals surface area contributed by atoms with Gasteiger partial charge < -0.3 is 13.9 Å². The molecule has 1 aliphatic heterocycles. The number of hydrogen-bond acceptors (Lipinski definition) is 3. The van der Waals surface area contributed by atoms with Gasteiger partial charge in [-0.1, -0.05) is 95.3 Å². The summed E-state index contributed by atoms with van der Waals surface area (Å²) in [6.45, 7) is 13.1. The van der Waals surface area contributed by atoms with Gasteiger partial charge in [-0.25, -0.2) is 0 Å². The largest absolute Gasteiger partial charge is 0.407 e. The molecule has 0 bridgehead atoms. The van der Waals surface area contributed by atoms with Gasteiger partial charge in [0.1, 0.15) is 0 Å². The Morgan fingerprint density at radius 2 is 1.41 bits per heavy atom. The van der Waals surface area contributed by atoms with Crippen molar-refractivity contribution in [1.82, 2.24) is 0 Å². The van der Waals surface area contributed by atoms with E-state index in [0.29, 0.717) is 6.61 Å². The minimum Gasteiger partial charge on any atom is -0.407 e. The maximum absolute atomic E-state index is 7.25. The number of rotatable bonds is 6. The van der Waals surface area contributed by atoms with Gasteiger partial charge in [0.25, 0.3) is 8.32 Å². The smallest absolute Gasteiger partial charge is 0.261 e. The van der Waals surface area contributed by atoms with Crippen molar-refractivity contribution in [2.45, 2.75) is 83.7 Å². The van der Waals surface area contributed by atoms with Gasteiger partial charge in [0, 0.05) is 24.9 Å². The first kappa shape index (κ1) is 23.7. The Kier molecular flexibility index (Phi) is 6.70. The summed E-state index contributed by atoms with van der Waals surface area (Å²) in [6, 6.07) is 21.8. The minimum absolute atomic E-state index is 0.0189. The second-order valence-electron chi connectivity index (χ2n) is 11.3.